The third-order valence-electron chi connectivity index (χ3n) is 2.17. The molecule has 0 aliphatic carbocycles. The van der Waals surface area contributed by atoms with E-state index in [2.05, 4.69) is 9.93 Å². The van der Waals surface area contributed by atoms with E-state index in [1.807, 2.05) is 0 Å². The minimum absolute atomic E-state index is 0.357. The first-order chi connectivity index (χ1) is 8.41. The summed E-state index contributed by atoms with van der Waals surface area (Å²) in [7, 11) is 0. The zero-order valence-corrected chi connectivity index (χ0v) is 10.8. The molecule has 1 aromatic rings. The highest BCUT2D eigenvalue weighted by Gasteiger charge is 2.24. The lowest BCUT2D eigenvalue weighted by Crippen LogP contribution is -2.29. The van der Waals surface area contributed by atoms with Crippen molar-refractivity contribution in [2.24, 2.45) is 0 Å². The van der Waals surface area contributed by atoms with Crippen molar-refractivity contribution in [3.63, 3.8) is 0 Å². The van der Waals surface area contributed by atoms with Gasteiger partial charge in [0.2, 0.25) is 0 Å². The van der Waals surface area contributed by atoms with Gasteiger partial charge in [0.15, 0.2) is 0 Å². The standard InChI is InChI=1S/C13H18O5/c1-10(14)9-13(2,3)17-18-16-12(15)11-7-5-4-6-8-11/h4-8,10,14H,9H2,1-3H3. The molecule has 5 heteroatoms. The van der Waals surface area contributed by atoms with Crippen molar-refractivity contribution in [3.05, 3.63) is 35.9 Å². The highest BCUT2D eigenvalue weighted by molar-refractivity contribution is 5.88. The van der Waals surface area contributed by atoms with Gasteiger partial charge in [0.25, 0.3) is 0 Å². The second kappa shape index (κ2) is 6.49. The zero-order chi connectivity index (χ0) is 13.6. The van der Waals surface area contributed by atoms with Crippen LogP contribution in [0.3, 0.4) is 0 Å². The number of benzene rings is 1. The molecule has 0 fully saturated rings. The normalized spacial score (nSPS) is 13.1. The van der Waals surface area contributed by atoms with Gasteiger partial charge in [-0.1, -0.05) is 18.2 Å². The summed E-state index contributed by atoms with van der Waals surface area (Å²) in [5, 5.41) is 13.7. The molecule has 0 aliphatic heterocycles. The third kappa shape index (κ3) is 5.27. The second-order valence-electron chi connectivity index (χ2n) is 4.70. The van der Waals surface area contributed by atoms with Gasteiger partial charge in [-0.25, -0.2) is 4.79 Å². The molecule has 0 aromatic heterocycles. The second-order valence-corrected chi connectivity index (χ2v) is 4.70. The summed E-state index contributed by atoms with van der Waals surface area (Å²) in [6.45, 7) is 5.08. The molecule has 1 rings (SSSR count). The van der Waals surface area contributed by atoms with Gasteiger partial charge in [-0.3, -0.25) is 4.89 Å². The molecule has 1 N–H and O–H groups in total. The molecule has 100 valence electrons. The van der Waals surface area contributed by atoms with E-state index in [1.54, 1.807) is 51.1 Å². The Labute approximate surface area is 106 Å². The Balaban J connectivity index is 2.36. The van der Waals surface area contributed by atoms with Crippen LogP contribution in [-0.4, -0.2) is 22.8 Å². The Bertz CT molecular complexity index is 372. The van der Waals surface area contributed by atoms with Crippen LogP contribution in [0.5, 0.6) is 0 Å². The van der Waals surface area contributed by atoms with Gasteiger partial charge in [0.1, 0.15) is 5.60 Å². The van der Waals surface area contributed by atoms with E-state index in [1.165, 1.54) is 0 Å². The van der Waals surface area contributed by atoms with E-state index in [0.29, 0.717) is 12.0 Å². The van der Waals surface area contributed by atoms with Crippen LogP contribution in [-0.2, 0) is 14.8 Å². The predicted octanol–water partition coefficient (Wildman–Crippen LogP) is 2.26. The molecule has 5 nitrogen and oxygen atoms in total. The van der Waals surface area contributed by atoms with Crippen LogP contribution in [0.4, 0.5) is 0 Å². The molecule has 1 unspecified atom stereocenters. The number of carbonyl (C=O) groups excluding carboxylic acids is 1. The lowest BCUT2D eigenvalue weighted by molar-refractivity contribution is -0.513. The first-order valence-electron chi connectivity index (χ1n) is 5.70. The lowest BCUT2D eigenvalue weighted by Gasteiger charge is -2.23. The molecule has 18 heavy (non-hydrogen) atoms. The lowest BCUT2D eigenvalue weighted by atomic mass is 10.0. The molecule has 0 radical (unpaired) electrons. The fraction of sp³-hybridized carbons (Fsp3) is 0.462. The highest BCUT2D eigenvalue weighted by atomic mass is 17.5. The Morgan fingerprint density at radius 3 is 2.50 bits per heavy atom. The Hall–Kier alpha value is -1.43. The minimum Gasteiger partial charge on any atom is -0.393 e. The summed E-state index contributed by atoms with van der Waals surface area (Å²) in [4.78, 5) is 20.9. The average molecular weight is 254 g/mol. The summed E-state index contributed by atoms with van der Waals surface area (Å²) in [5.41, 5.74) is -0.375. The van der Waals surface area contributed by atoms with Crippen molar-refractivity contribution in [2.45, 2.75) is 38.9 Å². The van der Waals surface area contributed by atoms with Crippen LogP contribution in [0.25, 0.3) is 0 Å². The van der Waals surface area contributed by atoms with Gasteiger partial charge in [-0.2, -0.15) is 4.89 Å². The number of aliphatic hydroxyl groups excluding tert-OH is 1. The zero-order valence-electron chi connectivity index (χ0n) is 10.8. The van der Waals surface area contributed by atoms with Crippen LogP contribution in [0.1, 0.15) is 37.6 Å². The monoisotopic (exact) mass is 254 g/mol. The van der Waals surface area contributed by atoms with Crippen LogP contribution < -0.4 is 0 Å². The van der Waals surface area contributed by atoms with Crippen molar-refractivity contribution in [2.75, 3.05) is 0 Å². The first kappa shape index (κ1) is 14.6. The summed E-state index contributed by atoms with van der Waals surface area (Å²) < 4.78 is 0. The van der Waals surface area contributed by atoms with Crippen LogP contribution >= 0.6 is 0 Å². The van der Waals surface area contributed by atoms with Gasteiger partial charge >= 0.3 is 5.97 Å². The fourth-order valence-electron chi connectivity index (χ4n) is 1.51. The molecule has 1 aromatic carbocycles. The molecular formula is C13H18O5. The quantitative estimate of drug-likeness (QED) is 0.623. The minimum atomic E-state index is -0.745. The maximum atomic E-state index is 11.5. The van der Waals surface area contributed by atoms with Gasteiger partial charge in [-0.05, 0) is 37.9 Å². The van der Waals surface area contributed by atoms with E-state index in [0.717, 1.165) is 0 Å². The van der Waals surface area contributed by atoms with Crippen molar-refractivity contribution in [3.8, 4) is 0 Å². The Morgan fingerprint density at radius 1 is 1.33 bits per heavy atom. The van der Waals surface area contributed by atoms with Crippen LogP contribution in [0, 0.1) is 0 Å². The summed E-state index contributed by atoms with van der Waals surface area (Å²) in [5.74, 6) is -0.636. The smallest absolute Gasteiger partial charge is 0.376 e. The molecule has 0 spiro atoms. The Morgan fingerprint density at radius 2 is 1.94 bits per heavy atom. The molecule has 1 atom stereocenters. The van der Waals surface area contributed by atoms with E-state index < -0.39 is 17.7 Å². The van der Waals surface area contributed by atoms with E-state index in [-0.39, 0.29) is 0 Å². The van der Waals surface area contributed by atoms with Gasteiger partial charge < -0.3 is 5.11 Å². The van der Waals surface area contributed by atoms with Gasteiger partial charge in [0.05, 0.1) is 11.7 Å². The van der Waals surface area contributed by atoms with Crippen LogP contribution in [0.15, 0.2) is 30.3 Å². The summed E-state index contributed by atoms with van der Waals surface area (Å²) in [6, 6.07) is 8.43. The molecule has 0 aliphatic rings. The van der Waals surface area contributed by atoms with E-state index >= 15 is 0 Å². The number of hydrogen-bond donors (Lipinski definition) is 1. The van der Waals surface area contributed by atoms with Crippen molar-refractivity contribution in [1.82, 2.24) is 0 Å². The molecular weight excluding hydrogens is 236 g/mol. The fourth-order valence-corrected chi connectivity index (χ4v) is 1.51. The van der Waals surface area contributed by atoms with E-state index in [9.17, 15) is 9.90 Å². The van der Waals surface area contributed by atoms with Crippen molar-refractivity contribution >= 4 is 5.97 Å². The number of hydrogen-bond acceptors (Lipinski definition) is 5. The average Bonchev–Trinajstić information content (AvgIpc) is 2.28. The molecule has 0 bridgehead atoms. The van der Waals surface area contributed by atoms with Crippen molar-refractivity contribution < 1.29 is 24.7 Å². The van der Waals surface area contributed by atoms with E-state index in [4.69, 9.17) is 4.89 Å². The maximum absolute atomic E-state index is 11.5. The number of rotatable bonds is 6. The summed E-state index contributed by atoms with van der Waals surface area (Å²) >= 11 is 0. The third-order valence-corrected chi connectivity index (χ3v) is 2.17. The number of carbonyl (C=O) groups is 1. The first-order valence-corrected chi connectivity index (χ1v) is 5.70. The van der Waals surface area contributed by atoms with Gasteiger partial charge in [-0.15, -0.1) is 0 Å². The Kier molecular flexibility index (Phi) is 5.27. The summed E-state index contributed by atoms with van der Waals surface area (Å²) in [6.07, 6.45) is -0.177. The van der Waals surface area contributed by atoms with Crippen LogP contribution in [0.2, 0.25) is 0 Å². The predicted molar refractivity (Wildman–Crippen MR) is 64.4 cm³/mol. The topological polar surface area (TPSA) is 65.0 Å². The molecule has 0 amide bonds. The number of aliphatic hydroxyl groups is 1. The largest absolute Gasteiger partial charge is 0.393 e. The molecule has 0 saturated carbocycles. The van der Waals surface area contributed by atoms with Crippen molar-refractivity contribution in [1.29, 1.82) is 0 Å². The highest BCUT2D eigenvalue weighted by Crippen LogP contribution is 2.17. The van der Waals surface area contributed by atoms with Gasteiger partial charge in [0, 0.05) is 6.42 Å². The SMILES string of the molecule is CC(O)CC(C)(C)OOOC(=O)c1ccccc1. The molecule has 0 heterocycles. The molecule has 0 saturated heterocycles. The maximum Gasteiger partial charge on any atom is 0.376 e.